The number of aromatic amines is 1. The first kappa shape index (κ1) is 11.8. The molecule has 1 aliphatic heterocycles. The molecule has 0 unspecified atom stereocenters. The van der Waals surface area contributed by atoms with Gasteiger partial charge in [-0.2, -0.15) is 5.10 Å². The van der Waals surface area contributed by atoms with Crippen LogP contribution in [-0.4, -0.2) is 38.4 Å². The first-order valence-electron chi connectivity index (χ1n) is 6.32. The van der Waals surface area contributed by atoms with E-state index >= 15 is 0 Å². The molecule has 5 nitrogen and oxygen atoms in total. The average molecular weight is 263 g/mol. The standard InChI is InChI=1S/C12H17N5S/c1-9-14-16-12(18-9)8-17-6-2-3-10(7-17)11-4-5-13-15-11/h4-5,10H,2-3,6-8H2,1H3,(H,13,15)/t10-/m0/s1. The number of nitrogens with zero attached hydrogens (tertiary/aromatic N) is 4. The second-order valence-corrected chi connectivity index (χ2v) is 6.07. The summed E-state index contributed by atoms with van der Waals surface area (Å²) in [5, 5.41) is 17.6. The average Bonchev–Trinajstić information content (AvgIpc) is 3.01. The fourth-order valence-corrected chi connectivity index (χ4v) is 3.29. The van der Waals surface area contributed by atoms with Crippen molar-refractivity contribution < 1.29 is 0 Å². The van der Waals surface area contributed by atoms with Crippen LogP contribution < -0.4 is 0 Å². The summed E-state index contributed by atoms with van der Waals surface area (Å²) in [5.41, 5.74) is 1.26. The molecule has 1 saturated heterocycles. The van der Waals surface area contributed by atoms with Crippen molar-refractivity contribution in [3.8, 4) is 0 Å². The van der Waals surface area contributed by atoms with Gasteiger partial charge < -0.3 is 0 Å². The van der Waals surface area contributed by atoms with E-state index in [9.17, 15) is 0 Å². The van der Waals surface area contributed by atoms with E-state index in [2.05, 4.69) is 31.4 Å². The van der Waals surface area contributed by atoms with Crippen LogP contribution in [0.2, 0.25) is 0 Å². The lowest BCUT2D eigenvalue weighted by atomic mass is 9.95. The van der Waals surface area contributed by atoms with E-state index < -0.39 is 0 Å². The second-order valence-electron chi connectivity index (χ2n) is 4.80. The Balaban J connectivity index is 1.63. The predicted octanol–water partition coefficient (Wildman–Crippen LogP) is 1.95. The van der Waals surface area contributed by atoms with E-state index in [1.165, 1.54) is 18.5 Å². The summed E-state index contributed by atoms with van der Waals surface area (Å²) in [7, 11) is 0. The Bertz CT molecular complexity index is 492. The van der Waals surface area contributed by atoms with Gasteiger partial charge in [-0.15, -0.1) is 21.5 Å². The maximum Gasteiger partial charge on any atom is 0.131 e. The Morgan fingerprint density at radius 2 is 2.44 bits per heavy atom. The van der Waals surface area contributed by atoms with Crippen LogP contribution >= 0.6 is 11.3 Å². The van der Waals surface area contributed by atoms with Gasteiger partial charge in [0.2, 0.25) is 0 Å². The molecule has 0 aliphatic carbocycles. The van der Waals surface area contributed by atoms with Gasteiger partial charge in [-0.05, 0) is 32.4 Å². The lowest BCUT2D eigenvalue weighted by Gasteiger charge is -2.31. The van der Waals surface area contributed by atoms with Crippen molar-refractivity contribution in [2.24, 2.45) is 0 Å². The first-order valence-corrected chi connectivity index (χ1v) is 7.13. The van der Waals surface area contributed by atoms with Gasteiger partial charge in [0.05, 0.1) is 6.54 Å². The van der Waals surface area contributed by atoms with Crippen molar-refractivity contribution in [3.05, 3.63) is 28.0 Å². The van der Waals surface area contributed by atoms with Crippen LogP contribution in [-0.2, 0) is 6.54 Å². The van der Waals surface area contributed by atoms with Gasteiger partial charge in [0.25, 0.3) is 0 Å². The Kier molecular flexibility index (Phi) is 3.38. The highest BCUT2D eigenvalue weighted by Crippen LogP contribution is 2.26. The quantitative estimate of drug-likeness (QED) is 0.919. The summed E-state index contributed by atoms with van der Waals surface area (Å²) in [6.45, 7) is 5.17. The zero-order chi connectivity index (χ0) is 12.4. The molecule has 3 rings (SSSR count). The number of aromatic nitrogens is 4. The van der Waals surface area contributed by atoms with Gasteiger partial charge in [0, 0.05) is 24.4 Å². The minimum Gasteiger partial charge on any atom is -0.296 e. The molecule has 2 aromatic rings. The van der Waals surface area contributed by atoms with Gasteiger partial charge in [-0.25, -0.2) is 0 Å². The number of likely N-dealkylation sites (tertiary alicyclic amines) is 1. The van der Waals surface area contributed by atoms with E-state index in [-0.39, 0.29) is 0 Å². The number of hydrogen-bond donors (Lipinski definition) is 1. The van der Waals surface area contributed by atoms with E-state index in [1.807, 2.05) is 13.1 Å². The Hall–Kier alpha value is -1.27. The zero-order valence-electron chi connectivity index (χ0n) is 10.5. The summed E-state index contributed by atoms with van der Waals surface area (Å²) < 4.78 is 0. The van der Waals surface area contributed by atoms with Crippen molar-refractivity contribution in [2.75, 3.05) is 13.1 Å². The molecule has 6 heteroatoms. The minimum atomic E-state index is 0.579. The monoisotopic (exact) mass is 263 g/mol. The lowest BCUT2D eigenvalue weighted by molar-refractivity contribution is 0.198. The molecule has 0 bridgehead atoms. The normalized spacial score (nSPS) is 21.3. The molecule has 2 aromatic heterocycles. The highest BCUT2D eigenvalue weighted by Gasteiger charge is 2.22. The first-order chi connectivity index (χ1) is 8.81. The van der Waals surface area contributed by atoms with Crippen LogP contribution in [0.1, 0.15) is 34.5 Å². The molecule has 0 amide bonds. The number of rotatable bonds is 3. The molecule has 1 N–H and O–H groups in total. The summed E-state index contributed by atoms with van der Waals surface area (Å²) in [6, 6.07) is 2.09. The molecule has 18 heavy (non-hydrogen) atoms. The molecule has 0 radical (unpaired) electrons. The third-order valence-electron chi connectivity index (χ3n) is 3.39. The topological polar surface area (TPSA) is 57.7 Å². The molecule has 96 valence electrons. The highest BCUT2D eigenvalue weighted by atomic mass is 32.1. The molecule has 1 fully saturated rings. The SMILES string of the molecule is Cc1nnc(CN2CCC[C@H](c3ccn[nH]3)C2)s1. The van der Waals surface area contributed by atoms with Gasteiger partial charge in [-0.1, -0.05) is 0 Å². The van der Waals surface area contributed by atoms with E-state index in [0.29, 0.717) is 5.92 Å². The van der Waals surface area contributed by atoms with E-state index in [0.717, 1.165) is 29.6 Å². The molecule has 0 aromatic carbocycles. The largest absolute Gasteiger partial charge is 0.296 e. The fourth-order valence-electron chi connectivity index (χ4n) is 2.54. The van der Waals surface area contributed by atoms with Crippen molar-refractivity contribution in [1.82, 2.24) is 25.3 Å². The smallest absolute Gasteiger partial charge is 0.131 e. The fraction of sp³-hybridized carbons (Fsp3) is 0.583. The third kappa shape index (κ3) is 2.59. The zero-order valence-corrected chi connectivity index (χ0v) is 11.3. The number of hydrogen-bond acceptors (Lipinski definition) is 5. The van der Waals surface area contributed by atoms with Gasteiger partial charge in [0.15, 0.2) is 0 Å². The maximum atomic E-state index is 4.20. The number of nitrogens with one attached hydrogen (secondary N) is 1. The Morgan fingerprint density at radius 3 is 3.17 bits per heavy atom. The lowest BCUT2D eigenvalue weighted by Crippen LogP contribution is -2.34. The number of H-pyrrole nitrogens is 1. The van der Waals surface area contributed by atoms with Crippen LogP contribution in [0.3, 0.4) is 0 Å². The van der Waals surface area contributed by atoms with Crippen LogP contribution in [0, 0.1) is 6.92 Å². The van der Waals surface area contributed by atoms with Crippen LogP contribution in [0.25, 0.3) is 0 Å². The summed E-state index contributed by atoms with van der Waals surface area (Å²) in [6.07, 6.45) is 4.32. The molecule has 1 atom stereocenters. The van der Waals surface area contributed by atoms with Crippen molar-refractivity contribution in [2.45, 2.75) is 32.2 Å². The third-order valence-corrected chi connectivity index (χ3v) is 4.22. The van der Waals surface area contributed by atoms with Crippen molar-refractivity contribution in [1.29, 1.82) is 0 Å². The molecule has 1 aliphatic rings. The minimum absolute atomic E-state index is 0.579. The van der Waals surface area contributed by atoms with Crippen molar-refractivity contribution in [3.63, 3.8) is 0 Å². The highest BCUT2D eigenvalue weighted by molar-refractivity contribution is 7.11. The van der Waals surface area contributed by atoms with E-state index in [4.69, 9.17) is 0 Å². The Labute approximate surface area is 110 Å². The molecule has 0 saturated carbocycles. The second kappa shape index (κ2) is 5.16. The summed E-state index contributed by atoms with van der Waals surface area (Å²) in [4.78, 5) is 2.47. The van der Waals surface area contributed by atoms with Crippen molar-refractivity contribution >= 4 is 11.3 Å². The molecule has 0 spiro atoms. The maximum absolute atomic E-state index is 4.20. The number of aryl methyl sites for hydroxylation is 1. The van der Waals surface area contributed by atoms with Crippen LogP contribution in [0.4, 0.5) is 0 Å². The molecular formula is C12H17N5S. The predicted molar refractivity (Wildman–Crippen MR) is 70.5 cm³/mol. The summed E-state index contributed by atoms with van der Waals surface area (Å²) in [5.74, 6) is 0.579. The molecular weight excluding hydrogens is 246 g/mol. The van der Waals surface area contributed by atoms with Gasteiger partial charge in [0.1, 0.15) is 10.0 Å². The Morgan fingerprint density at radius 1 is 1.50 bits per heavy atom. The van der Waals surface area contributed by atoms with Gasteiger partial charge >= 0.3 is 0 Å². The number of piperidine rings is 1. The summed E-state index contributed by atoms with van der Waals surface area (Å²) >= 11 is 1.70. The van der Waals surface area contributed by atoms with Gasteiger partial charge in [-0.3, -0.25) is 10.00 Å². The van der Waals surface area contributed by atoms with E-state index in [1.54, 1.807) is 11.3 Å². The molecule has 3 heterocycles. The van der Waals surface area contributed by atoms with Crippen LogP contribution in [0.5, 0.6) is 0 Å². The van der Waals surface area contributed by atoms with Crippen LogP contribution in [0.15, 0.2) is 12.3 Å².